The molecular weight excluding hydrogens is 173 g/mol. The number of carbonyl (C=O) groups is 1. The van der Waals surface area contributed by atoms with Crippen LogP contribution in [0.2, 0.25) is 0 Å². The number of halogens is 3. The normalized spacial score (nSPS) is 17.1. The van der Waals surface area contributed by atoms with Crippen LogP contribution >= 0.6 is 0 Å². The molecule has 12 heavy (non-hydrogen) atoms. The largest absolute Gasteiger partial charge is 0.481 e. The van der Waals surface area contributed by atoms with Gasteiger partial charge < -0.3 is 5.11 Å². The summed E-state index contributed by atoms with van der Waals surface area (Å²) in [5.41, 5.74) is -2.10. The Morgan fingerprint density at radius 2 is 1.83 bits per heavy atom. The molecule has 5 heteroatoms. The molecule has 1 atom stereocenters. The van der Waals surface area contributed by atoms with Gasteiger partial charge in [-0.05, 0) is 6.42 Å². The predicted molar refractivity (Wildman–Crippen MR) is 36.7 cm³/mol. The number of hydrogen-bond acceptors (Lipinski definition) is 1. The third-order valence-electron chi connectivity index (χ3n) is 2.01. The molecule has 0 heterocycles. The molecule has 0 aromatic carbocycles. The maximum Gasteiger partial charge on any atom is 0.394 e. The molecule has 1 unspecified atom stereocenters. The van der Waals surface area contributed by atoms with Crippen molar-refractivity contribution in [2.75, 3.05) is 0 Å². The second-order valence-corrected chi connectivity index (χ2v) is 2.98. The van der Waals surface area contributed by atoms with E-state index in [2.05, 4.69) is 0 Å². The van der Waals surface area contributed by atoms with Gasteiger partial charge in [0.15, 0.2) is 0 Å². The van der Waals surface area contributed by atoms with Crippen LogP contribution in [-0.2, 0) is 4.79 Å². The highest BCUT2D eigenvalue weighted by Gasteiger charge is 2.50. The molecule has 0 aromatic rings. The third-order valence-corrected chi connectivity index (χ3v) is 2.01. The van der Waals surface area contributed by atoms with Crippen LogP contribution in [0.15, 0.2) is 0 Å². The van der Waals surface area contributed by atoms with Crippen molar-refractivity contribution in [3.8, 4) is 0 Å². The number of carboxylic acid groups (broad SMARTS) is 1. The Hall–Kier alpha value is -0.740. The maximum absolute atomic E-state index is 12.2. The summed E-state index contributed by atoms with van der Waals surface area (Å²) in [6.45, 7) is 2.25. The zero-order chi connectivity index (χ0) is 9.99. The summed E-state index contributed by atoms with van der Waals surface area (Å²) in [6.07, 6.45) is -5.53. The Kier molecular flexibility index (Phi) is 3.12. The third kappa shape index (κ3) is 2.39. The number of aliphatic carboxylic acids is 1. The molecule has 0 fully saturated rings. The van der Waals surface area contributed by atoms with Crippen LogP contribution in [0.5, 0.6) is 0 Å². The van der Waals surface area contributed by atoms with Crippen LogP contribution in [0.3, 0.4) is 0 Å². The Morgan fingerprint density at radius 3 is 1.92 bits per heavy atom. The van der Waals surface area contributed by atoms with Gasteiger partial charge in [0.2, 0.25) is 0 Å². The van der Waals surface area contributed by atoms with Gasteiger partial charge >= 0.3 is 12.1 Å². The van der Waals surface area contributed by atoms with Gasteiger partial charge in [-0.1, -0.05) is 13.8 Å². The lowest BCUT2D eigenvalue weighted by atomic mass is 9.83. The minimum absolute atomic E-state index is 0.219. The van der Waals surface area contributed by atoms with Crippen LogP contribution in [-0.4, -0.2) is 17.3 Å². The van der Waals surface area contributed by atoms with E-state index < -0.39 is 24.0 Å². The first-order chi connectivity index (χ1) is 5.23. The molecule has 1 N–H and O–H groups in total. The fraction of sp³-hybridized carbons (Fsp3) is 0.857. The molecule has 2 nitrogen and oxygen atoms in total. The molecule has 0 bridgehead atoms. The molecule has 0 rings (SSSR count). The van der Waals surface area contributed by atoms with Crippen molar-refractivity contribution >= 4 is 5.97 Å². The average Bonchev–Trinajstić information content (AvgIpc) is 1.83. The van der Waals surface area contributed by atoms with Crippen molar-refractivity contribution in [1.82, 2.24) is 0 Å². The van der Waals surface area contributed by atoms with Gasteiger partial charge in [0.25, 0.3) is 0 Å². The lowest BCUT2D eigenvalue weighted by Crippen LogP contribution is -2.36. The monoisotopic (exact) mass is 184 g/mol. The highest BCUT2D eigenvalue weighted by Crippen LogP contribution is 2.43. The van der Waals surface area contributed by atoms with Gasteiger partial charge in [-0.25, -0.2) is 0 Å². The van der Waals surface area contributed by atoms with Gasteiger partial charge in [-0.3, -0.25) is 4.79 Å². The second kappa shape index (κ2) is 3.33. The SMILES string of the molecule is CCC(C)(CC(=O)O)C(F)(F)F. The van der Waals surface area contributed by atoms with Crippen molar-refractivity contribution in [2.24, 2.45) is 5.41 Å². The Labute approximate surface area is 68.4 Å². The molecule has 0 aliphatic rings. The number of hydrogen-bond donors (Lipinski definition) is 1. The Morgan fingerprint density at radius 1 is 1.42 bits per heavy atom. The zero-order valence-electron chi connectivity index (χ0n) is 6.90. The van der Waals surface area contributed by atoms with E-state index in [4.69, 9.17) is 5.11 Å². The molecule has 0 aliphatic heterocycles. The molecule has 0 saturated heterocycles. The highest BCUT2D eigenvalue weighted by molar-refractivity contribution is 5.67. The van der Waals surface area contributed by atoms with Crippen molar-refractivity contribution in [2.45, 2.75) is 32.9 Å². The van der Waals surface area contributed by atoms with Gasteiger partial charge in [-0.15, -0.1) is 0 Å². The summed E-state index contributed by atoms with van der Waals surface area (Å²) < 4.78 is 36.6. The zero-order valence-corrected chi connectivity index (χ0v) is 6.90. The van der Waals surface area contributed by atoms with Gasteiger partial charge in [-0.2, -0.15) is 13.2 Å². The topological polar surface area (TPSA) is 37.3 Å². The average molecular weight is 184 g/mol. The molecule has 0 amide bonds. The molecular formula is C7H11F3O2. The van der Waals surface area contributed by atoms with Crippen molar-refractivity contribution in [1.29, 1.82) is 0 Å². The van der Waals surface area contributed by atoms with Gasteiger partial charge in [0, 0.05) is 0 Å². The van der Waals surface area contributed by atoms with Crippen LogP contribution in [0, 0.1) is 5.41 Å². The fourth-order valence-electron chi connectivity index (χ4n) is 0.759. The molecule has 0 aliphatic carbocycles. The Bertz CT molecular complexity index is 176. The molecule has 0 aromatic heterocycles. The molecule has 72 valence electrons. The first kappa shape index (κ1) is 11.3. The first-order valence-electron chi connectivity index (χ1n) is 3.51. The van der Waals surface area contributed by atoms with E-state index in [0.717, 1.165) is 6.92 Å². The number of carboxylic acids is 1. The summed E-state index contributed by atoms with van der Waals surface area (Å²) in [5.74, 6) is -1.42. The van der Waals surface area contributed by atoms with E-state index in [1.165, 1.54) is 6.92 Å². The van der Waals surface area contributed by atoms with Crippen LogP contribution in [0.1, 0.15) is 26.7 Å². The minimum Gasteiger partial charge on any atom is -0.481 e. The summed E-state index contributed by atoms with van der Waals surface area (Å²) in [6, 6.07) is 0. The van der Waals surface area contributed by atoms with Crippen LogP contribution in [0.25, 0.3) is 0 Å². The second-order valence-electron chi connectivity index (χ2n) is 2.98. The van der Waals surface area contributed by atoms with E-state index in [1.54, 1.807) is 0 Å². The smallest absolute Gasteiger partial charge is 0.394 e. The fourth-order valence-corrected chi connectivity index (χ4v) is 0.759. The maximum atomic E-state index is 12.2. The molecule has 0 saturated carbocycles. The van der Waals surface area contributed by atoms with E-state index in [-0.39, 0.29) is 6.42 Å². The first-order valence-corrected chi connectivity index (χ1v) is 3.51. The van der Waals surface area contributed by atoms with Crippen molar-refractivity contribution < 1.29 is 23.1 Å². The van der Waals surface area contributed by atoms with Crippen LogP contribution < -0.4 is 0 Å². The van der Waals surface area contributed by atoms with E-state index in [0.29, 0.717) is 0 Å². The lowest BCUT2D eigenvalue weighted by Gasteiger charge is -2.28. The van der Waals surface area contributed by atoms with Gasteiger partial charge in [0.05, 0.1) is 11.8 Å². The van der Waals surface area contributed by atoms with E-state index in [9.17, 15) is 18.0 Å². The molecule has 0 spiro atoms. The predicted octanol–water partition coefficient (Wildman–Crippen LogP) is 2.44. The lowest BCUT2D eigenvalue weighted by molar-refractivity contribution is -0.223. The summed E-state index contributed by atoms with van der Waals surface area (Å²) >= 11 is 0. The Balaban J connectivity index is 4.56. The summed E-state index contributed by atoms with van der Waals surface area (Å²) in [4.78, 5) is 10.1. The summed E-state index contributed by atoms with van der Waals surface area (Å²) in [5, 5.41) is 8.24. The minimum atomic E-state index is -4.44. The van der Waals surface area contributed by atoms with Gasteiger partial charge in [0.1, 0.15) is 0 Å². The quantitative estimate of drug-likeness (QED) is 0.731. The number of alkyl halides is 3. The summed E-state index contributed by atoms with van der Waals surface area (Å²) in [7, 11) is 0. The van der Waals surface area contributed by atoms with Crippen LogP contribution in [0.4, 0.5) is 13.2 Å². The van der Waals surface area contributed by atoms with E-state index >= 15 is 0 Å². The standard InChI is InChI=1S/C7H11F3O2/c1-3-6(2,4-5(11)12)7(8,9)10/h3-4H2,1-2H3,(H,11,12). The highest BCUT2D eigenvalue weighted by atomic mass is 19.4. The van der Waals surface area contributed by atoms with Crippen molar-refractivity contribution in [3.63, 3.8) is 0 Å². The number of rotatable bonds is 3. The van der Waals surface area contributed by atoms with Crippen molar-refractivity contribution in [3.05, 3.63) is 0 Å². The molecule has 0 radical (unpaired) electrons. The van der Waals surface area contributed by atoms with E-state index in [1.807, 2.05) is 0 Å².